The van der Waals surface area contributed by atoms with Crippen LogP contribution in [-0.2, 0) is 0 Å². The predicted molar refractivity (Wildman–Crippen MR) is 76.6 cm³/mol. The smallest absolute Gasteiger partial charge is 0.0559 e. The molecule has 0 aromatic carbocycles. The standard InChI is InChI=1S/C13H25N3S/c1-6-14-13(11(4)9-17-5)12-7-8-15-16(12)10(2)3/h7-8,10-11,13-14H,6,9H2,1-5H3. The third-order valence-corrected chi connectivity index (χ3v) is 3.79. The number of hydrogen-bond donors (Lipinski definition) is 1. The molecule has 0 radical (unpaired) electrons. The number of thioether (sulfide) groups is 1. The van der Waals surface area contributed by atoms with E-state index in [1.807, 2.05) is 18.0 Å². The fraction of sp³-hybridized carbons (Fsp3) is 0.769. The van der Waals surface area contributed by atoms with Gasteiger partial charge in [-0.25, -0.2) is 0 Å². The first-order valence-corrected chi connectivity index (χ1v) is 7.76. The van der Waals surface area contributed by atoms with Gasteiger partial charge in [-0.1, -0.05) is 13.8 Å². The van der Waals surface area contributed by atoms with Crippen molar-refractivity contribution in [2.75, 3.05) is 18.6 Å². The summed E-state index contributed by atoms with van der Waals surface area (Å²) in [4.78, 5) is 0. The van der Waals surface area contributed by atoms with Gasteiger partial charge in [-0.05, 0) is 44.4 Å². The molecule has 0 spiro atoms. The lowest BCUT2D eigenvalue weighted by molar-refractivity contribution is 0.380. The molecule has 3 nitrogen and oxygen atoms in total. The Balaban J connectivity index is 2.92. The lowest BCUT2D eigenvalue weighted by Gasteiger charge is -2.26. The first-order chi connectivity index (χ1) is 8.11. The summed E-state index contributed by atoms with van der Waals surface area (Å²) in [6.45, 7) is 9.82. The summed E-state index contributed by atoms with van der Waals surface area (Å²) in [6.07, 6.45) is 4.07. The number of hydrogen-bond acceptors (Lipinski definition) is 3. The molecule has 0 aliphatic rings. The zero-order valence-electron chi connectivity index (χ0n) is 11.6. The third kappa shape index (κ3) is 3.75. The maximum Gasteiger partial charge on any atom is 0.0559 e. The minimum absolute atomic E-state index is 0.400. The Morgan fingerprint density at radius 2 is 2.12 bits per heavy atom. The van der Waals surface area contributed by atoms with Gasteiger partial charge < -0.3 is 5.32 Å². The molecule has 1 heterocycles. The molecule has 0 saturated carbocycles. The number of rotatable bonds is 7. The van der Waals surface area contributed by atoms with E-state index in [9.17, 15) is 0 Å². The zero-order chi connectivity index (χ0) is 12.8. The van der Waals surface area contributed by atoms with Crippen LogP contribution in [0.2, 0.25) is 0 Å². The van der Waals surface area contributed by atoms with Gasteiger partial charge in [0, 0.05) is 12.2 Å². The van der Waals surface area contributed by atoms with Gasteiger partial charge >= 0.3 is 0 Å². The van der Waals surface area contributed by atoms with Crippen LogP contribution in [0.4, 0.5) is 0 Å². The molecular formula is C13H25N3S. The van der Waals surface area contributed by atoms with Crippen molar-refractivity contribution in [1.29, 1.82) is 0 Å². The molecule has 1 aromatic heterocycles. The molecule has 17 heavy (non-hydrogen) atoms. The van der Waals surface area contributed by atoms with Gasteiger partial charge in [0.05, 0.1) is 11.7 Å². The molecular weight excluding hydrogens is 230 g/mol. The average Bonchev–Trinajstić information content (AvgIpc) is 2.74. The Bertz CT molecular complexity index is 322. The van der Waals surface area contributed by atoms with Crippen molar-refractivity contribution in [1.82, 2.24) is 15.1 Å². The summed E-state index contributed by atoms with van der Waals surface area (Å²) in [5, 5.41) is 8.02. The quantitative estimate of drug-likeness (QED) is 0.812. The molecule has 1 rings (SSSR count). The first-order valence-electron chi connectivity index (χ1n) is 6.37. The average molecular weight is 255 g/mol. The first kappa shape index (κ1) is 14.6. The van der Waals surface area contributed by atoms with Crippen molar-refractivity contribution in [3.05, 3.63) is 18.0 Å². The second-order valence-corrected chi connectivity index (χ2v) is 5.67. The summed E-state index contributed by atoms with van der Waals surface area (Å²) in [6, 6.07) is 2.96. The molecule has 2 unspecified atom stereocenters. The van der Waals surface area contributed by atoms with Crippen molar-refractivity contribution in [2.24, 2.45) is 5.92 Å². The normalized spacial score (nSPS) is 15.2. The van der Waals surface area contributed by atoms with E-state index in [-0.39, 0.29) is 0 Å². The second kappa shape index (κ2) is 7.07. The summed E-state index contributed by atoms with van der Waals surface area (Å²) < 4.78 is 2.13. The fourth-order valence-electron chi connectivity index (χ4n) is 2.18. The highest BCUT2D eigenvalue weighted by molar-refractivity contribution is 7.98. The van der Waals surface area contributed by atoms with E-state index < -0.39 is 0 Å². The van der Waals surface area contributed by atoms with Crippen LogP contribution < -0.4 is 5.32 Å². The van der Waals surface area contributed by atoms with Crippen LogP contribution in [0, 0.1) is 5.92 Å². The molecule has 0 aliphatic heterocycles. The van der Waals surface area contributed by atoms with Crippen LogP contribution in [0.5, 0.6) is 0 Å². The largest absolute Gasteiger partial charge is 0.309 e. The SMILES string of the molecule is CCNC(c1ccnn1C(C)C)C(C)CSC. The van der Waals surface area contributed by atoms with Crippen molar-refractivity contribution in [3.8, 4) is 0 Å². The number of aromatic nitrogens is 2. The van der Waals surface area contributed by atoms with Gasteiger partial charge in [0.1, 0.15) is 0 Å². The van der Waals surface area contributed by atoms with E-state index in [0.29, 0.717) is 18.0 Å². The summed E-state index contributed by atoms with van der Waals surface area (Å²) in [5.41, 5.74) is 1.31. The molecule has 4 heteroatoms. The van der Waals surface area contributed by atoms with E-state index in [4.69, 9.17) is 0 Å². The van der Waals surface area contributed by atoms with Crippen LogP contribution >= 0.6 is 11.8 Å². The minimum Gasteiger partial charge on any atom is -0.309 e. The lowest BCUT2D eigenvalue weighted by atomic mass is 10.0. The molecule has 2 atom stereocenters. The van der Waals surface area contributed by atoms with Crippen molar-refractivity contribution < 1.29 is 0 Å². The Kier molecular flexibility index (Phi) is 6.06. The third-order valence-electron chi connectivity index (χ3n) is 2.93. The van der Waals surface area contributed by atoms with E-state index >= 15 is 0 Å². The molecule has 1 aromatic rings. The van der Waals surface area contributed by atoms with Gasteiger partial charge in [0.2, 0.25) is 0 Å². The van der Waals surface area contributed by atoms with Crippen molar-refractivity contribution >= 4 is 11.8 Å². The van der Waals surface area contributed by atoms with E-state index in [0.717, 1.165) is 6.54 Å². The lowest BCUT2D eigenvalue weighted by Crippen LogP contribution is -2.30. The highest BCUT2D eigenvalue weighted by atomic mass is 32.2. The van der Waals surface area contributed by atoms with E-state index in [1.165, 1.54) is 11.4 Å². The van der Waals surface area contributed by atoms with E-state index in [1.54, 1.807) is 0 Å². The molecule has 98 valence electrons. The maximum absolute atomic E-state index is 4.43. The topological polar surface area (TPSA) is 29.9 Å². The van der Waals surface area contributed by atoms with Crippen molar-refractivity contribution in [3.63, 3.8) is 0 Å². The number of nitrogens with one attached hydrogen (secondary N) is 1. The highest BCUT2D eigenvalue weighted by Crippen LogP contribution is 2.25. The minimum atomic E-state index is 0.400. The van der Waals surface area contributed by atoms with Gasteiger partial charge in [-0.3, -0.25) is 4.68 Å². The molecule has 0 amide bonds. The van der Waals surface area contributed by atoms with Crippen LogP contribution in [0.25, 0.3) is 0 Å². The van der Waals surface area contributed by atoms with E-state index in [2.05, 4.69) is 55.1 Å². The monoisotopic (exact) mass is 255 g/mol. The summed E-state index contributed by atoms with van der Waals surface area (Å²) in [5.74, 6) is 1.78. The van der Waals surface area contributed by atoms with Gasteiger partial charge in [0.25, 0.3) is 0 Å². The van der Waals surface area contributed by atoms with Crippen LogP contribution in [0.15, 0.2) is 12.3 Å². The zero-order valence-corrected chi connectivity index (χ0v) is 12.4. The van der Waals surface area contributed by atoms with Gasteiger partial charge in [-0.2, -0.15) is 16.9 Å². The van der Waals surface area contributed by atoms with Gasteiger partial charge in [0.15, 0.2) is 0 Å². The second-order valence-electron chi connectivity index (χ2n) is 4.76. The maximum atomic E-state index is 4.43. The summed E-state index contributed by atoms with van der Waals surface area (Å²) >= 11 is 1.91. The Morgan fingerprint density at radius 1 is 1.41 bits per heavy atom. The molecule has 0 fully saturated rings. The predicted octanol–water partition coefficient (Wildman–Crippen LogP) is 3.11. The van der Waals surface area contributed by atoms with Crippen LogP contribution in [-0.4, -0.2) is 28.3 Å². The van der Waals surface area contributed by atoms with Crippen LogP contribution in [0.1, 0.15) is 45.5 Å². The number of nitrogens with zero attached hydrogens (tertiary/aromatic N) is 2. The Morgan fingerprint density at radius 3 is 2.65 bits per heavy atom. The highest BCUT2D eigenvalue weighted by Gasteiger charge is 2.22. The molecule has 0 saturated heterocycles. The molecule has 0 bridgehead atoms. The summed E-state index contributed by atoms with van der Waals surface area (Å²) in [7, 11) is 0. The van der Waals surface area contributed by atoms with Crippen molar-refractivity contribution in [2.45, 2.75) is 39.8 Å². The fourth-order valence-corrected chi connectivity index (χ4v) is 2.90. The molecule has 0 aliphatic carbocycles. The van der Waals surface area contributed by atoms with Crippen LogP contribution in [0.3, 0.4) is 0 Å². The Labute approximate surface area is 109 Å². The molecule has 1 N–H and O–H groups in total. The Hall–Kier alpha value is -0.480. The van der Waals surface area contributed by atoms with Gasteiger partial charge in [-0.15, -0.1) is 0 Å².